The lowest BCUT2D eigenvalue weighted by Gasteiger charge is -2.07. The molecular formula is C20H17N5O2S. The molecule has 0 radical (unpaired) electrons. The zero-order valence-electron chi connectivity index (χ0n) is 14.8. The number of hydrogen-bond donors (Lipinski definition) is 2. The van der Waals surface area contributed by atoms with Crippen molar-refractivity contribution in [3.63, 3.8) is 0 Å². The number of aromatic nitrogens is 1. The first kappa shape index (κ1) is 19.1. The van der Waals surface area contributed by atoms with E-state index in [1.54, 1.807) is 48.8 Å². The van der Waals surface area contributed by atoms with Crippen LogP contribution in [0.25, 0.3) is 0 Å². The molecular weight excluding hydrogens is 374 g/mol. The van der Waals surface area contributed by atoms with Crippen LogP contribution in [0.4, 0.5) is 5.69 Å². The van der Waals surface area contributed by atoms with E-state index in [4.69, 9.17) is 11.0 Å². The van der Waals surface area contributed by atoms with E-state index in [-0.39, 0.29) is 15.8 Å². The number of nitrogens with two attached hydrogens (primary N) is 1. The van der Waals surface area contributed by atoms with E-state index in [0.29, 0.717) is 12.1 Å². The second-order valence-corrected chi connectivity index (χ2v) is 7.80. The molecule has 3 aromatic rings. The predicted octanol–water partition coefficient (Wildman–Crippen LogP) is 2.71. The highest BCUT2D eigenvalue weighted by Gasteiger charge is 2.17. The summed E-state index contributed by atoms with van der Waals surface area (Å²) in [7, 11) is -3.69. The fourth-order valence-corrected chi connectivity index (χ4v) is 3.75. The average molecular weight is 391 g/mol. The van der Waals surface area contributed by atoms with Gasteiger partial charge in [-0.05, 0) is 48.0 Å². The maximum atomic E-state index is 12.7. The topological polar surface area (TPSA) is 121 Å². The molecule has 7 nitrogen and oxygen atoms in total. The van der Waals surface area contributed by atoms with Gasteiger partial charge < -0.3 is 11.1 Å². The number of guanidine groups is 1. The van der Waals surface area contributed by atoms with Gasteiger partial charge >= 0.3 is 0 Å². The van der Waals surface area contributed by atoms with E-state index in [2.05, 4.69) is 15.3 Å². The monoisotopic (exact) mass is 391 g/mol. The van der Waals surface area contributed by atoms with Gasteiger partial charge in [0.25, 0.3) is 0 Å². The summed E-state index contributed by atoms with van der Waals surface area (Å²) in [5, 5.41) is 11.9. The minimum Gasteiger partial charge on any atom is -0.370 e. The van der Waals surface area contributed by atoms with Crippen LogP contribution in [0.3, 0.4) is 0 Å². The summed E-state index contributed by atoms with van der Waals surface area (Å²) in [4.78, 5) is 8.40. The fraction of sp³-hybridized carbons (Fsp3) is 0.0500. The van der Waals surface area contributed by atoms with Gasteiger partial charge in [0, 0.05) is 18.1 Å². The quantitative estimate of drug-likeness (QED) is 0.509. The summed E-state index contributed by atoms with van der Waals surface area (Å²) >= 11 is 0. The standard InChI is InChI=1S/C20H17N5O2S/c21-13-16-2-1-3-19(12-16)28(26,27)18-6-4-15(5-7-18)14-24-20(22)25-17-8-10-23-11-9-17/h1-12H,14H2,(H3,22,23,24,25). The molecule has 0 amide bonds. The van der Waals surface area contributed by atoms with Crippen molar-refractivity contribution in [2.75, 3.05) is 5.32 Å². The Morgan fingerprint density at radius 3 is 2.46 bits per heavy atom. The molecule has 28 heavy (non-hydrogen) atoms. The molecule has 0 bridgehead atoms. The predicted molar refractivity (Wildman–Crippen MR) is 106 cm³/mol. The smallest absolute Gasteiger partial charge is 0.206 e. The highest BCUT2D eigenvalue weighted by molar-refractivity contribution is 7.91. The second-order valence-electron chi connectivity index (χ2n) is 5.85. The third-order valence-corrected chi connectivity index (χ3v) is 5.66. The average Bonchev–Trinajstić information content (AvgIpc) is 2.73. The summed E-state index contributed by atoms with van der Waals surface area (Å²) in [6.07, 6.45) is 3.28. The minimum absolute atomic E-state index is 0.0862. The number of nitrogens with one attached hydrogen (secondary N) is 1. The Morgan fingerprint density at radius 2 is 1.79 bits per heavy atom. The molecule has 0 aliphatic carbocycles. The van der Waals surface area contributed by atoms with Crippen LogP contribution in [0.2, 0.25) is 0 Å². The van der Waals surface area contributed by atoms with E-state index < -0.39 is 9.84 Å². The SMILES string of the molecule is N#Cc1cccc(S(=O)(=O)c2ccc(CN=C(N)Nc3ccncc3)cc2)c1. The lowest BCUT2D eigenvalue weighted by molar-refractivity contribution is 0.596. The van der Waals surface area contributed by atoms with Gasteiger partial charge in [-0.15, -0.1) is 0 Å². The molecule has 140 valence electrons. The Balaban J connectivity index is 1.72. The Hall–Kier alpha value is -3.70. The van der Waals surface area contributed by atoms with Crippen LogP contribution in [0, 0.1) is 11.3 Å². The van der Waals surface area contributed by atoms with Crippen molar-refractivity contribution in [3.8, 4) is 6.07 Å². The number of benzene rings is 2. The number of aliphatic imine (C=N–C) groups is 1. The Bertz CT molecular complexity index is 1140. The van der Waals surface area contributed by atoms with Crippen molar-refractivity contribution in [2.24, 2.45) is 10.7 Å². The van der Waals surface area contributed by atoms with E-state index in [1.807, 2.05) is 6.07 Å². The van der Waals surface area contributed by atoms with Gasteiger partial charge in [-0.1, -0.05) is 18.2 Å². The first-order chi connectivity index (χ1) is 13.5. The minimum atomic E-state index is -3.69. The van der Waals surface area contributed by atoms with Crippen molar-refractivity contribution in [1.82, 2.24) is 4.98 Å². The molecule has 1 aromatic heterocycles. The van der Waals surface area contributed by atoms with Crippen LogP contribution < -0.4 is 11.1 Å². The van der Waals surface area contributed by atoms with Gasteiger partial charge in [0.1, 0.15) is 0 Å². The molecule has 8 heteroatoms. The maximum absolute atomic E-state index is 12.7. The van der Waals surface area contributed by atoms with E-state index in [9.17, 15) is 8.42 Å². The maximum Gasteiger partial charge on any atom is 0.206 e. The molecule has 0 atom stereocenters. The number of nitrogens with zero attached hydrogens (tertiary/aromatic N) is 3. The molecule has 0 fully saturated rings. The van der Waals surface area contributed by atoms with Gasteiger partial charge in [-0.25, -0.2) is 13.4 Å². The summed E-state index contributed by atoms with van der Waals surface area (Å²) in [6.45, 7) is 0.300. The lowest BCUT2D eigenvalue weighted by atomic mass is 10.2. The van der Waals surface area contributed by atoms with Crippen molar-refractivity contribution in [1.29, 1.82) is 5.26 Å². The van der Waals surface area contributed by atoms with E-state index in [1.165, 1.54) is 24.3 Å². The van der Waals surface area contributed by atoms with Crippen LogP contribution in [-0.2, 0) is 16.4 Å². The normalized spacial score (nSPS) is 11.6. The van der Waals surface area contributed by atoms with Gasteiger partial charge in [0.2, 0.25) is 9.84 Å². The third kappa shape index (κ3) is 4.52. The fourth-order valence-electron chi connectivity index (χ4n) is 2.44. The number of nitriles is 1. The summed E-state index contributed by atoms with van der Waals surface area (Å²) in [5.74, 6) is 0.246. The van der Waals surface area contributed by atoms with E-state index >= 15 is 0 Å². The highest BCUT2D eigenvalue weighted by atomic mass is 32.2. The van der Waals surface area contributed by atoms with Gasteiger partial charge in [0.15, 0.2) is 5.96 Å². The van der Waals surface area contributed by atoms with Crippen LogP contribution in [-0.4, -0.2) is 19.4 Å². The number of sulfone groups is 1. The number of rotatable bonds is 5. The lowest BCUT2D eigenvalue weighted by Crippen LogP contribution is -2.22. The van der Waals surface area contributed by atoms with Crippen LogP contribution >= 0.6 is 0 Å². The third-order valence-electron chi connectivity index (χ3n) is 3.89. The van der Waals surface area contributed by atoms with Gasteiger partial charge in [-0.3, -0.25) is 4.98 Å². The van der Waals surface area contributed by atoms with Crippen molar-refractivity contribution >= 4 is 21.5 Å². The molecule has 0 aliphatic rings. The first-order valence-electron chi connectivity index (χ1n) is 8.30. The van der Waals surface area contributed by atoms with Crippen LogP contribution in [0.1, 0.15) is 11.1 Å². The molecule has 0 unspecified atom stereocenters. The Labute approximate surface area is 163 Å². The summed E-state index contributed by atoms with van der Waals surface area (Å²) in [6, 6.07) is 17.8. The zero-order valence-corrected chi connectivity index (χ0v) is 15.6. The van der Waals surface area contributed by atoms with Crippen LogP contribution in [0.15, 0.2) is 87.8 Å². The van der Waals surface area contributed by atoms with Crippen molar-refractivity contribution < 1.29 is 8.42 Å². The molecule has 3 rings (SSSR count). The Kier molecular flexibility index (Phi) is 5.67. The number of hydrogen-bond acceptors (Lipinski definition) is 5. The zero-order chi connectivity index (χ0) is 20.0. The largest absolute Gasteiger partial charge is 0.370 e. The molecule has 1 heterocycles. The van der Waals surface area contributed by atoms with Crippen LogP contribution in [0.5, 0.6) is 0 Å². The molecule has 0 spiro atoms. The van der Waals surface area contributed by atoms with E-state index in [0.717, 1.165) is 11.3 Å². The highest BCUT2D eigenvalue weighted by Crippen LogP contribution is 2.22. The summed E-state index contributed by atoms with van der Waals surface area (Å²) in [5.41, 5.74) is 7.73. The number of anilines is 1. The Morgan fingerprint density at radius 1 is 1.07 bits per heavy atom. The number of pyridine rings is 1. The van der Waals surface area contributed by atoms with Gasteiger partial charge in [-0.2, -0.15) is 5.26 Å². The molecule has 0 saturated carbocycles. The van der Waals surface area contributed by atoms with Gasteiger partial charge in [0.05, 0.1) is 28.0 Å². The molecule has 0 saturated heterocycles. The first-order valence-corrected chi connectivity index (χ1v) is 9.78. The molecule has 0 aliphatic heterocycles. The van der Waals surface area contributed by atoms with Crippen molar-refractivity contribution in [3.05, 3.63) is 84.2 Å². The molecule has 3 N–H and O–H groups in total. The molecule has 2 aromatic carbocycles. The second kappa shape index (κ2) is 8.33. The summed E-state index contributed by atoms with van der Waals surface area (Å²) < 4.78 is 25.4. The van der Waals surface area contributed by atoms with Crippen molar-refractivity contribution in [2.45, 2.75) is 16.3 Å².